The monoisotopic (exact) mass is 378 g/mol. The Morgan fingerprint density at radius 2 is 2.19 bits per heavy atom. The number of carbonyl (C=O) groups excluding carboxylic acids is 2. The van der Waals surface area contributed by atoms with E-state index in [4.69, 9.17) is 20.9 Å². The molecule has 0 unspecified atom stereocenters. The predicted molar refractivity (Wildman–Crippen MR) is 93.8 cm³/mol. The van der Waals surface area contributed by atoms with E-state index < -0.39 is 6.04 Å². The average Bonchev–Trinajstić information content (AvgIpc) is 3.17. The Bertz CT molecular complexity index is 794. The number of hydrogen-bond acceptors (Lipinski definition) is 6. The van der Waals surface area contributed by atoms with E-state index in [9.17, 15) is 9.59 Å². The highest BCUT2D eigenvalue weighted by Gasteiger charge is 2.33. The van der Waals surface area contributed by atoms with Crippen LogP contribution in [0.3, 0.4) is 0 Å². The first-order valence-corrected chi connectivity index (χ1v) is 8.60. The molecular formula is C17H19ClN4O4. The van der Waals surface area contributed by atoms with Crippen molar-refractivity contribution in [1.82, 2.24) is 15.0 Å². The van der Waals surface area contributed by atoms with Crippen LogP contribution in [0.2, 0.25) is 5.02 Å². The van der Waals surface area contributed by atoms with Gasteiger partial charge < -0.3 is 19.5 Å². The average molecular weight is 379 g/mol. The molecule has 9 heteroatoms. The molecular weight excluding hydrogens is 360 g/mol. The van der Waals surface area contributed by atoms with Crippen molar-refractivity contribution in [2.75, 3.05) is 25.1 Å². The van der Waals surface area contributed by atoms with Gasteiger partial charge in [0.15, 0.2) is 5.82 Å². The van der Waals surface area contributed by atoms with Gasteiger partial charge in [0.1, 0.15) is 6.04 Å². The van der Waals surface area contributed by atoms with Crippen LogP contribution in [0.25, 0.3) is 0 Å². The molecule has 0 spiro atoms. The van der Waals surface area contributed by atoms with Gasteiger partial charge in [-0.1, -0.05) is 30.6 Å². The SMILES string of the molecule is CC(C)C(=O)Nc1ccc(Cl)c(C(=O)N2CCOC[C@@H]2c2ncon2)c1. The zero-order valence-electron chi connectivity index (χ0n) is 14.4. The van der Waals surface area contributed by atoms with E-state index in [1.807, 2.05) is 0 Å². The highest BCUT2D eigenvalue weighted by Crippen LogP contribution is 2.28. The molecule has 1 saturated heterocycles. The van der Waals surface area contributed by atoms with E-state index in [-0.39, 0.29) is 24.3 Å². The summed E-state index contributed by atoms with van der Waals surface area (Å²) in [4.78, 5) is 30.6. The topological polar surface area (TPSA) is 97.6 Å². The summed E-state index contributed by atoms with van der Waals surface area (Å²) in [5.74, 6) is -0.222. The van der Waals surface area contributed by atoms with Crippen molar-refractivity contribution >= 4 is 29.1 Å². The number of nitrogens with zero attached hydrogens (tertiary/aromatic N) is 3. The molecule has 26 heavy (non-hydrogen) atoms. The summed E-state index contributed by atoms with van der Waals surface area (Å²) in [5.41, 5.74) is 0.810. The minimum atomic E-state index is -0.458. The van der Waals surface area contributed by atoms with Crippen LogP contribution in [0.15, 0.2) is 29.1 Å². The summed E-state index contributed by atoms with van der Waals surface area (Å²) in [6.45, 7) is 4.63. The molecule has 2 aromatic rings. The number of benzene rings is 1. The minimum Gasteiger partial charge on any atom is -0.377 e. The standard InChI is InChI=1S/C17H19ClN4O4/c1-10(2)16(23)20-11-3-4-13(18)12(7-11)17(24)22-5-6-25-8-14(22)15-19-9-26-21-15/h3-4,7,9-10,14H,5-6,8H2,1-2H3,(H,20,23)/t14-/m1/s1. The van der Waals surface area contributed by atoms with Crippen LogP contribution in [0.5, 0.6) is 0 Å². The first-order valence-electron chi connectivity index (χ1n) is 8.22. The van der Waals surface area contributed by atoms with Crippen LogP contribution in [-0.2, 0) is 9.53 Å². The smallest absolute Gasteiger partial charge is 0.256 e. The van der Waals surface area contributed by atoms with Crippen molar-refractivity contribution in [3.05, 3.63) is 41.0 Å². The maximum Gasteiger partial charge on any atom is 0.256 e. The molecule has 1 aromatic carbocycles. The summed E-state index contributed by atoms with van der Waals surface area (Å²) in [6.07, 6.45) is 1.21. The van der Waals surface area contributed by atoms with Crippen LogP contribution < -0.4 is 5.32 Å². The summed E-state index contributed by atoms with van der Waals surface area (Å²) in [7, 11) is 0. The molecule has 138 valence electrons. The van der Waals surface area contributed by atoms with E-state index in [0.717, 1.165) is 0 Å². The van der Waals surface area contributed by atoms with Crippen LogP contribution in [0, 0.1) is 5.92 Å². The number of morpholine rings is 1. The molecule has 1 aliphatic rings. The van der Waals surface area contributed by atoms with Gasteiger partial charge in [0.25, 0.3) is 5.91 Å². The molecule has 0 aliphatic carbocycles. The molecule has 1 aromatic heterocycles. The van der Waals surface area contributed by atoms with Crippen LogP contribution in [0.1, 0.15) is 36.1 Å². The van der Waals surface area contributed by atoms with Crippen molar-refractivity contribution < 1.29 is 18.8 Å². The first kappa shape index (κ1) is 18.3. The van der Waals surface area contributed by atoms with E-state index in [2.05, 4.69) is 15.5 Å². The number of ether oxygens (including phenoxy) is 1. The Hall–Kier alpha value is -2.45. The molecule has 8 nitrogen and oxygen atoms in total. The lowest BCUT2D eigenvalue weighted by Crippen LogP contribution is -2.44. The molecule has 1 atom stereocenters. The Balaban J connectivity index is 1.87. The maximum atomic E-state index is 13.1. The van der Waals surface area contributed by atoms with E-state index in [1.165, 1.54) is 6.39 Å². The summed E-state index contributed by atoms with van der Waals surface area (Å²) in [5, 5.41) is 6.89. The highest BCUT2D eigenvalue weighted by molar-refractivity contribution is 6.34. The lowest BCUT2D eigenvalue weighted by Gasteiger charge is -2.34. The summed E-state index contributed by atoms with van der Waals surface area (Å²) >= 11 is 6.24. The molecule has 1 N–H and O–H groups in total. The zero-order valence-corrected chi connectivity index (χ0v) is 15.2. The number of rotatable bonds is 4. The van der Waals surface area contributed by atoms with Crippen molar-refractivity contribution in [2.45, 2.75) is 19.9 Å². The molecule has 0 saturated carbocycles. The third kappa shape index (κ3) is 3.86. The van der Waals surface area contributed by atoms with Crippen molar-refractivity contribution in [3.63, 3.8) is 0 Å². The molecule has 3 rings (SSSR count). The van der Waals surface area contributed by atoms with Gasteiger partial charge in [-0.3, -0.25) is 9.59 Å². The Kier molecular flexibility index (Phi) is 5.53. The van der Waals surface area contributed by atoms with Gasteiger partial charge in [-0.2, -0.15) is 4.98 Å². The Morgan fingerprint density at radius 1 is 1.38 bits per heavy atom. The number of halogens is 1. The third-order valence-electron chi connectivity index (χ3n) is 4.05. The number of anilines is 1. The second-order valence-corrected chi connectivity index (χ2v) is 6.62. The van der Waals surface area contributed by atoms with E-state index >= 15 is 0 Å². The van der Waals surface area contributed by atoms with E-state index in [0.29, 0.717) is 35.2 Å². The lowest BCUT2D eigenvalue weighted by atomic mass is 10.1. The Morgan fingerprint density at radius 3 is 2.88 bits per heavy atom. The molecule has 2 amide bonds. The maximum absolute atomic E-state index is 13.1. The normalized spacial score (nSPS) is 17.4. The number of carbonyl (C=O) groups is 2. The highest BCUT2D eigenvalue weighted by atomic mass is 35.5. The van der Waals surface area contributed by atoms with Gasteiger partial charge in [-0.05, 0) is 18.2 Å². The summed E-state index contributed by atoms with van der Waals surface area (Å²) in [6, 6.07) is 4.37. The minimum absolute atomic E-state index is 0.137. The summed E-state index contributed by atoms with van der Waals surface area (Å²) < 4.78 is 10.2. The fourth-order valence-electron chi connectivity index (χ4n) is 2.59. The number of aromatic nitrogens is 2. The second kappa shape index (κ2) is 7.84. The zero-order chi connectivity index (χ0) is 18.7. The molecule has 1 aliphatic heterocycles. The second-order valence-electron chi connectivity index (χ2n) is 6.22. The van der Waals surface area contributed by atoms with Crippen LogP contribution in [0.4, 0.5) is 5.69 Å². The number of amides is 2. The van der Waals surface area contributed by atoms with Gasteiger partial charge >= 0.3 is 0 Å². The fourth-order valence-corrected chi connectivity index (χ4v) is 2.79. The third-order valence-corrected chi connectivity index (χ3v) is 4.38. The van der Waals surface area contributed by atoms with Gasteiger partial charge in [-0.15, -0.1) is 0 Å². The Labute approximate surface area is 155 Å². The molecule has 2 heterocycles. The quantitative estimate of drug-likeness (QED) is 0.877. The number of hydrogen-bond donors (Lipinski definition) is 1. The molecule has 0 bridgehead atoms. The van der Waals surface area contributed by atoms with Gasteiger partial charge in [-0.25, -0.2) is 0 Å². The van der Waals surface area contributed by atoms with Gasteiger partial charge in [0.05, 0.1) is 23.8 Å². The number of nitrogens with one attached hydrogen (secondary N) is 1. The van der Waals surface area contributed by atoms with Gasteiger partial charge in [0, 0.05) is 18.2 Å². The first-order chi connectivity index (χ1) is 12.5. The lowest BCUT2D eigenvalue weighted by molar-refractivity contribution is -0.118. The molecule has 1 fully saturated rings. The fraction of sp³-hybridized carbons (Fsp3) is 0.412. The molecule has 0 radical (unpaired) electrons. The van der Waals surface area contributed by atoms with Crippen LogP contribution in [-0.4, -0.2) is 46.6 Å². The van der Waals surface area contributed by atoms with Crippen LogP contribution >= 0.6 is 11.6 Å². The van der Waals surface area contributed by atoms with E-state index in [1.54, 1.807) is 36.9 Å². The van der Waals surface area contributed by atoms with Gasteiger partial charge in [0.2, 0.25) is 12.3 Å². The van der Waals surface area contributed by atoms with Crippen molar-refractivity contribution in [3.8, 4) is 0 Å². The predicted octanol–water partition coefficient (Wildman–Crippen LogP) is 2.53. The van der Waals surface area contributed by atoms with Crippen molar-refractivity contribution in [1.29, 1.82) is 0 Å². The van der Waals surface area contributed by atoms with Crippen molar-refractivity contribution in [2.24, 2.45) is 5.92 Å². The largest absolute Gasteiger partial charge is 0.377 e.